The number of fused-ring (bicyclic) bond motifs is 10. The fourth-order valence-electron chi connectivity index (χ4n) is 5.77. The molecule has 0 spiro atoms. The monoisotopic (exact) mass is 421 g/mol. The summed E-state index contributed by atoms with van der Waals surface area (Å²) in [6, 6.07) is 37.0. The second kappa shape index (κ2) is 6.14. The van der Waals surface area contributed by atoms with Gasteiger partial charge in [-0.2, -0.15) is 0 Å². The van der Waals surface area contributed by atoms with Gasteiger partial charge in [-0.15, -0.1) is 0 Å². The first-order valence-electron chi connectivity index (χ1n) is 11.4. The van der Waals surface area contributed by atoms with Crippen LogP contribution < -0.4 is 0 Å². The van der Waals surface area contributed by atoms with Crippen molar-refractivity contribution in [2.45, 2.75) is 6.42 Å². The van der Waals surface area contributed by atoms with E-state index in [-0.39, 0.29) is 0 Å². The molecule has 1 aliphatic carbocycles. The molecule has 0 saturated carbocycles. The third-order valence-corrected chi connectivity index (χ3v) is 7.20. The zero-order chi connectivity index (χ0) is 21.5. The lowest BCUT2D eigenvalue weighted by Gasteiger charge is -2.08. The van der Waals surface area contributed by atoms with Crippen LogP contribution in [0.2, 0.25) is 0 Å². The third-order valence-electron chi connectivity index (χ3n) is 7.20. The van der Waals surface area contributed by atoms with Gasteiger partial charge in [0.25, 0.3) is 0 Å². The molecule has 0 N–H and O–H groups in total. The van der Waals surface area contributed by atoms with E-state index in [1.54, 1.807) is 0 Å². The van der Waals surface area contributed by atoms with E-state index in [4.69, 9.17) is 4.42 Å². The summed E-state index contributed by atoms with van der Waals surface area (Å²) in [5.74, 6) is 0. The number of furan rings is 1. The predicted octanol–water partition coefficient (Wildman–Crippen LogP) is 8.25. The largest absolute Gasteiger partial charge is 0.455 e. The Bertz CT molecular complexity index is 1890. The molecule has 2 heteroatoms. The quantitative estimate of drug-likeness (QED) is 0.261. The molecule has 1 aliphatic rings. The molecule has 0 amide bonds. The van der Waals surface area contributed by atoms with Crippen molar-refractivity contribution in [2.75, 3.05) is 0 Å². The summed E-state index contributed by atoms with van der Waals surface area (Å²) < 4.78 is 8.89. The van der Waals surface area contributed by atoms with Crippen molar-refractivity contribution in [3.8, 4) is 16.8 Å². The molecule has 0 unspecified atom stereocenters. The van der Waals surface area contributed by atoms with Gasteiger partial charge in [0, 0.05) is 21.8 Å². The van der Waals surface area contributed by atoms with Gasteiger partial charge in [0.2, 0.25) is 0 Å². The zero-order valence-corrected chi connectivity index (χ0v) is 17.9. The Morgan fingerprint density at radius 1 is 0.576 bits per heavy atom. The van der Waals surface area contributed by atoms with Crippen LogP contribution in [0.15, 0.2) is 108 Å². The van der Waals surface area contributed by atoms with Crippen LogP contribution in [-0.4, -0.2) is 4.57 Å². The summed E-state index contributed by atoms with van der Waals surface area (Å²) in [7, 11) is 0. The van der Waals surface area contributed by atoms with Gasteiger partial charge in [-0.1, -0.05) is 60.7 Å². The summed E-state index contributed by atoms with van der Waals surface area (Å²) in [5, 5.41) is 4.77. The molecule has 2 aromatic heterocycles. The van der Waals surface area contributed by atoms with E-state index in [2.05, 4.69) is 102 Å². The van der Waals surface area contributed by atoms with Crippen LogP contribution in [-0.2, 0) is 6.42 Å². The normalized spacial score (nSPS) is 12.7. The molecule has 7 aromatic rings. The maximum Gasteiger partial charge on any atom is 0.145 e. The second-order valence-corrected chi connectivity index (χ2v) is 8.97. The number of para-hydroxylation sites is 2. The van der Waals surface area contributed by atoms with E-state index in [1.165, 1.54) is 60.5 Å². The van der Waals surface area contributed by atoms with Crippen molar-refractivity contribution in [1.82, 2.24) is 4.57 Å². The minimum absolute atomic E-state index is 0.937. The SMILES string of the molecule is c1ccc(-n2c3cc4c(cc3c3c5oc6ccccc6c5ccc32)-c2ccccc2C4)cc1. The van der Waals surface area contributed by atoms with Gasteiger partial charge in [-0.3, -0.25) is 0 Å². The number of nitrogens with zero attached hydrogens (tertiary/aromatic N) is 1. The number of rotatable bonds is 1. The van der Waals surface area contributed by atoms with E-state index < -0.39 is 0 Å². The molecule has 154 valence electrons. The van der Waals surface area contributed by atoms with Crippen LogP contribution >= 0.6 is 0 Å². The topological polar surface area (TPSA) is 18.1 Å². The summed E-state index contributed by atoms with van der Waals surface area (Å²) >= 11 is 0. The van der Waals surface area contributed by atoms with Crippen LogP contribution in [0.5, 0.6) is 0 Å². The maximum absolute atomic E-state index is 6.50. The maximum atomic E-state index is 6.50. The number of aromatic nitrogens is 1. The first-order valence-corrected chi connectivity index (χ1v) is 11.4. The second-order valence-electron chi connectivity index (χ2n) is 8.97. The predicted molar refractivity (Wildman–Crippen MR) is 136 cm³/mol. The Kier molecular flexibility index (Phi) is 3.22. The van der Waals surface area contributed by atoms with Gasteiger partial charge in [0.15, 0.2) is 0 Å². The molecule has 33 heavy (non-hydrogen) atoms. The van der Waals surface area contributed by atoms with Crippen molar-refractivity contribution in [3.05, 3.63) is 114 Å². The highest BCUT2D eigenvalue weighted by Gasteiger charge is 2.24. The average molecular weight is 421 g/mol. The minimum atomic E-state index is 0.937. The Hall–Kier alpha value is -4.30. The van der Waals surface area contributed by atoms with Crippen molar-refractivity contribution < 1.29 is 4.42 Å². The van der Waals surface area contributed by atoms with Crippen molar-refractivity contribution in [1.29, 1.82) is 0 Å². The molecule has 0 saturated heterocycles. The molecule has 2 nitrogen and oxygen atoms in total. The number of hydrogen-bond donors (Lipinski definition) is 0. The smallest absolute Gasteiger partial charge is 0.145 e. The fraction of sp³-hybridized carbons (Fsp3) is 0.0323. The van der Waals surface area contributed by atoms with E-state index in [1.807, 2.05) is 6.07 Å². The molecule has 2 heterocycles. The average Bonchev–Trinajstić information content (AvgIpc) is 3.52. The first-order chi connectivity index (χ1) is 16.4. The van der Waals surface area contributed by atoms with Crippen LogP contribution in [0.1, 0.15) is 11.1 Å². The van der Waals surface area contributed by atoms with Crippen LogP contribution in [0, 0.1) is 0 Å². The summed E-state index contributed by atoms with van der Waals surface area (Å²) in [5.41, 5.74) is 11.0. The van der Waals surface area contributed by atoms with E-state index in [9.17, 15) is 0 Å². The molecule has 0 atom stereocenters. The molecule has 0 aliphatic heterocycles. The van der Waals surface area contributed by atoms with E-state index in [0.717, 1.165) is 17.6 Å². The Labute approximate surface area is 190 Å². The summed E-state index contributed by atoms with van der Waals surface area (Å²) in [4.78, 5) is 0. The molecular formula is C31H19NO. The van der Waals surface area contributed by atoms with Gasteiger partial charge in [0.05, 0.1) is 16.4 Å². The first kappa shape index (κ1) is 17.3. The Morgan fingerprint density at radius 3 is 2.33 bits per heavy atom. The molecule has 8 rings (SSSR count). The standard InChI is InChI=1S/C31H19NO/c1-2-9-21(10-3-1)32-27-15-14-24-23-12-6-7-13-29(23)33-31(24)30(27)26-18-25-20(17-28(26)32)16-19-8-4-5-11-22(19)25/h1-15,17-18H,16H2. The van der Waals surface area contributed by atoms with Gasteiger partial charge in [-0.05, 0) is 71.1 Å². The van der Waals surface area contributed by atoms with Gasteiger partial charge in [0.1, 0.15) is 11.2 Å². The van der Waals surface area contributed by atoms with Crippen LogP contribution in [0.4, 0.5) is 0 Å². The highest BCUT2D eigenvalue weighted by atomic mass is 16.3. The van der Waals surface area contributed by atoms with Crippen molar-refractivity contribution in [2.24, 2.45) is 0 Å². The molecule has 5 aromatic carbocycles. The highest BCUT2D eigenvalue weighted by molar-refractivity contribution is 6.24. The Morgan fingerprint density at radius 2 is 1.39 bits per heavy atom. The molecular weight excluding hydrogens is 402 g/mol. The minimum Gasteiger partial charge on any atom is -0.455 e. The van der Waals surface area contributed by atoms with Crippen LogP contribution in [0.25, 0.3) is 60.6 Å². The lowest BCUT2D eigenvalue weighted by molar-refractivity contribution is 0.673. The van der Waals surface area contributed by atoms with Crippen LogP contribution in [0.3, 0.4) is 0 Å². The highest BCUT2D eigenvalue weighted by Crippen LogP contribution is 2.45. The molecule has 0 fully saturated rings. The number of benzene rings is 5. The van der Waals surface area contributed by atoms with Gasteiger partial charge < -0.3 is 8.98 Å². The lowest BCUT2D eigenvalue weighted by Crippen LogP contribution is -1.93. The summed E-state index contributed by atoms with van der Waals surface area (Å²) in [6.45, 7) is 0. The van der Waals surface area contributed by atoms with Crippen molar-refractivity contribution in [3.63, 3.8) is 0 Å². The third kappa shape index (κ3) is 2.22. The molecule has 0 bridgehead atoms. The van der Waals surface area contributed by atoms with Crippen molar-refractivity contribution >= 4 is 43.7 Å². The van der Waals surface area contributed by atoms with E-state index in [0.29, 0.717) is 0 Å². The van der Waals surface area contributed by atoms with Gasteiger partial charge >= 0.3 is 0 Å². The van der Waals surface area contributed by atoms with Gasteiger partial charge in [-0.25, -0.2) is 0 Å². The zero-order valence-electron chi connectivity index (χ0n) is 17.9. The Balaban J connectivity index is 1.59. The lowest BCUT2D eigenvalue weighted by atomic mass is 10.0. The van der Waals surface area contributed by atoms with E-state index >= 15 is 0 Å². The summed E-state index contributed by atoms with van der Waals surface area (Å²) in [6.07, 6.45) is 0.984. The fourth-order valence-corrected chi connectivity index (χ4v) is 5.77. The number of hydrogen-bond acceptors (Lipinski definition) is 1. The molecule has 0 radical (unpaired) electrons.